The van der Waals surface area contributed by atoms with Gasteiger partial charge in [-0.1, -0.05) is 25.5 Å². The molecule has 1 atom stereocenters. The molecule has 0 bridgehead atoms. The van der Waals surface area contributed by atoms with E-state index in [0.717, 1.165) is 48.1 Å². The van der Waals surface area contributed by atoms with Gasteiger partial charge < -0.3 is 4.74 Å². The first-order valence-corrected chi connectivity index (χ1v) is 7.70. The number of anilines is 1. The number of hydrogen-bond donors (Lipinski definition) is 1. The van der Waals surface area contributed by atoms with Gasteiger partial charge in [0.15, 0.2) is 0 Å². The maximum atomic E-state index is 13.7. The van der Waals surface area contributed by atoms with Gasteiger partial charge in [-0.15, -0.1) is 0 Å². The van der Waals surface area contributed by atoms with E-state index in [-0.39, 0.29) is 11.6 Å². The highest BCUT2D eigenvalue weighted by Gasteiger charge is 2.26. The molecular weight excluding hydrogens is 298 g/mol. The molecule has 2 aromatic rings. The van der Waals surface area contributed by atoms with E-state index in [1.54, 1.807) is 0 Å². The van der Waals surface area contributed by atoms with Crippen molar-refractivity contribution in [1.82, 2.24) is 0 Å². The van der Waals surface area contributed by atoms with Crippen molar-refractivity contribution in [2.45, 2.75) is 19.8 Å². The van der Waals surface area contributed by atoms with Crippen LogP contribution in [0.15, 0.2) is 47.6 Å². The maximum absolute atomic E-state index is 13.7. The Morgan fingerprint density at radius 2 is 2.04 bits per heavy atom. The molecule has 1 N–H and O–H groups in total. The summed E-state index contributed by atoms with van der Waals surface area (Å²) in [6, 6.07) is 10.9. The van der Waals surface area contributed by atoms with Crippen molar-refractivity contribution in [2.75, 3.05) is 12.0 Å². The minimum atomic E-state index is -0.539. The molecule has 1 aliphatic rings. The highest BCUT2D eigenvalue weighted by atomic mass is 19.1. The van der Waals surface area contributed by atoms with Crippen molar-refractivity contribution < 1.29 is 13.5 Å². The lowest BCUT2D eigenvalue weighted by Gasteiger charge is -2.26. The topological polar surface area (TPSA) is 33.6 Å². The smallest absolute Gasteiger partial charge is 0.148 e. The molecule has 0 fully saturated rings. The van der Waals surface area contributed by atoms with E-state index >= 15 is 0 Å². The molecule has 0 aliphatic carbocycles. The van der Waals surface area contributed by atoms with Crippen molar-refractivity contribution in [2.24, 2.45) is 11.0 Å². The number of ether oxygens (including phenoxy) is 1. The Morgan fingerprint density at radius 3 is 2.87 bits per heavy atom. The number of para-hydroxylation sites is 1. The van der Waals surface area contributed by atoms with Gasteiger partial charge in [-0.25, -0.2) is 8.78 Å². The van der Waals surface area contributed by atoms with Gasteiger partial charge in [-0.2, -0.15) is 5.10 Å². The summed E-state index contributed by atoms with van der Waals surface area (Å²) in [5.74, 6) is -0.158. The number of nitrogens with one attached hydrogen (secondary N) is 1. The SMILES string of the molecule is CCCC1COc2ccccc2C1=NNc1cc(F)ccc1F. The molecule has 1 unspecified atom stereocenters. The van der Waals surface area contributed by atoms with E-state index < -0.39 is 11.6 Å². The number of hydrazone groups is 1. The minimum Gasteiger partial charge on any atom is -0.492 e. The van der Waals surface area contributed by atoms with Crippen LogP contribution in [0.1, 0.15) is 25.3 Å². The second-order valence-electron chi connectivity index (χ2n) is 5.53. The molecule has 5 heteroatoms. The molecule has 0 amide bonds. The molecule has 3 rings (SSSR count). The van der Waals surface area contributed by atoms with Crippen LogP contribution in [-0.4, -0.2) is 12.3 Å². The van der Waals surface area contributed by atoms with E-state index in [1.165, 1.54) is 0 Å². The predicted octanol–water partition coefficient (Wildman–Crippen LogP) is 4.59. The second kappa shape index (κ2) is 6.77. The zero-order chi connectivity index (χ0) is 16.2. The summed E-state index contributed by atoms with van der Waals surface area (Å²) < 4.78 is 32.8. The van der Waals surface area contributed by atoms with Crippen molar-refractivity contribution >= 4 is 11.4 Å². The average Bonchev–Trinajstić information content (AvgIpc) is 2.57. The molecule has 0 aromatic heterocycles. The first-order chi connectivity index (χ1) is 11.2. The van der Waals surface area contributed by atoms with Crippen molar-refractivity contribution in [3.8, 4) is 5.75 Å². The summed E-state index contributed by atoms with van der Waals surface area (Å²) in [5, 5.41) is 4.38. The first-order valence-electron chi connectivity index (χ1n) is 7.70. The van der Waals surface area contributed by atoms with Crippen LogP contribution in [0.4, 0.5) is 14.5 Å². The Balaban J connectivity index is 1.95. The first kappa shape index (κ1) is 15.5. The van der Waals surface area contributed by atoms with E-state index in [0.29, 0.717) is 6.61 Å². The third-order valence-electron chi connectivity index (χ3n) is 3.85. The van der Waals surface area contributed by atoms with Gasteiger partial charge >= 0.3 is 0 Å². The van der Waals surface area contributed by atoms with Crippen LogP contribution >= 0.6 is 0 Å². The fraction of sp³-hybridized carbons (Fsp3) is 0.278. The second-order valence-corrected chi connectivity index (χ2v) is 5.53. The van der Waals surface area contributed by atoms with Gasteiger partial charge in [0.05, 0.1) is 18.0 Å². The van der Waals surface area contributed by atoms with Crippen molar-refractivity contribution in [3.63, 3.8) is 0 Å². The van der Waals surface area contributed by atoms with Gasteiger partial charge in [0.2, 0.25) is 0 Å². The number of fused-ring (bicyclic) bond motifs is 1. The highest BCUT2D eigenvalue weighted by Crippen LogP contribution is 2.30. The molecule has 1 aliphatic heterocycles. The van der Waals surface area contributed by atoms with Crippen LogP contribution in [0.2, 0.25) is 0 Å². The fourth-order valence-electron chi connectivity index (χ4n) is 2.72. The molecule has 23 heavy (non-hydrogen) atoms. The minimum absolute atomic E-state index is 0.0247. The standard InChI is InChI=1S/C18H18F2N2O/c1-2-5-12-11-23-17-7-4-3-6-14(17)18(12)22-21-16-10-13(19)8-9-15(16)20/h3-4,6-10,12,21H,2,5,11H2,1H3. The number of hydrogen-bond acceptors (Lipinski definition) is 3. The largest absolute Gasteiger partial charge is 0.492 e. The summed E-state index contributed by atoms with van der Waals surface area (Å²) in [7, 11) is 0. The quantitative estimate of drug-likeness (QED) is 0.837. The van der Waals surface area contributed by atoms with Crippen LogP contribution in [0.25, 0.3) is 0 Å². The molecule has 0 saturated heterocycles. The molecule has 0 saturated carbocycles. The lowest BCUT2D eigenvalue weighted by Crippen LogP contribution is -2.29. The van der Waals surface area contributed by atoms with Crippen molar-refractivity contribution in [3.05, 3.63) is 59.7 Å². The molecular formula is C18H18F2N2O. The van der Waals surface area contributed by atoms with E-state index in [2.05, 4.69) is 17.5 Å². The Kier molecular flexibility index (Phi) is 4.55. The van der Waals surface area contributed by atoms with E-state index in [4.69, 9.17) is 4.74 Å². The van der Waals surface area contributed by atoms with E-state index in [9.17, 15) is 8.78 Å². The summed E-state index contributed by atoms with van der Waals surface area (Å²) in [5.41, 5.74) is 4.40. The van der Waals surface area contributed by atoms with E-state index in [1.807, 2.05) is 24.3 Å². The lowest BCUT2D eigenvalue weighted by atomic mass is 9.91. The van der Waals surface area contributed by atoms with Gasteiger partial charge in [0, 0.05) is 17.5 Å². The Morgan fingerprint density at radius 1 is 1.22 bits per heavy atom. The predicted molar refractivity (Wildman–Crippen MR) is 86.9 cm³/mol. The van der Waals surface area contributed by atoms with Crippen LogP contribution in [0.5, 0.6) is 5.75 Å². The maximum Gasteiger partial charge on any atom is 0.148 e. The Labute approximate surface area is 134 Å². The van der Waals surface area contributed by atoms with Gasteiger partial charge in [-0.05, 0) is 30.7 Å². The zero-order valence-corrected chi connectivity index (χ0v) is 12.9. The molecule has 2 aromatic carbocycles. The number of rotatable bonds is 4. The number of halogens is 2. The lowest BCUT2D eigenvalue weighted by molar-refractivity contribution is 0.266. The normalized spacial score (nSPS) is 18.4. The Bertz CT molecular complexity index is 731. The zero-order valence-electron chi connectivity index (χ0n) is 12.9. The van der Waals surface area contributed by atoms with Gasteiger partial charge in [0.25, 0.3) is 0 Å². The third-order valence-corrected chi connectivity index (χ3v) is 3.85. The van der Waals surface area contributed by atoms with Crippen molar-refractivity contribution in [1.29, 1.82) is 0 Å². The molecule has 1 heterocycles. The monoisotopic (exact) mass is 316 g/mol. The summed E-state index contributed by atoms with van der Waals surface area (Å²) in [4.78, 5) is 0. The van der Waals surface area contributed by atoms with Gasteiger partial charge in [-0.3, -0.25) is 5.43 Å². The highest BCUT2D eigenvalue weighted by molar-refractivity contribution is 6.05. The molecule has 3 nitrogen and oxygen atoms in total. The Hall–Kier alpha value is -2.43. The summed E-state index contributed by atoms with van der Waals surface area (Å²) >= 11 is 0. The van der Waals surface area contributed by atoms with Crippen LogP contribution in [0.3, 0.4) is 0 Å². The fourth-order valence-corrected chi connectivity index (χ4v) is 2.72. The summed E-state index contributed by atoms with van der Waals surface area (Å²) in [6.45, 7) is 2.63. The van der Waals surface area contributed by atoms with Crippen LogP contribution < -0.4 is 10.2 Å². The van der Waals surface area contributed by atoms with Gasteiger partial charge in [0.1, 0.15) is 17.4 Å². The van der Waals surface area contributed by atoms with Crippen LogP contribution in [0, 0.1) is 17.6 Å². The molecule has 0 radical (unpaired) electrons. The number of benzene rings is 2. The van der Waals surface area contributed by atoms with Crippen LogP contribution in [-0.2, 0) is 0 Å². The summed E-state index contributed by atoms with van der Waals surface area (Å²) in [6.07, 6.45) is 1.91. The molecule has 0 spiro atoms. The number of nitrogens with zero attached hydrogens (tertiary/aromatic N) is 1. The molecule has 120 valence electrons. The average molecular weight is 316 g/mol. The third kappa shape index (κ3) is 3.33.